The van der Waals surface area contributed by atoms with Gasteiger partial charge in [0, 0.05) is 24.6 Å². The lowest BCUT2D eigenvalue weighted by molar-refractivity contribution is -0.136. The van der Waals surface area contributed by atoms with Crippen LogP contribution in [0.5, 0.6) is 0 Å². The molecule has 1 spiro atoms. The average Bonchev–Trinajstić information content (AvgIpc) is 3.62. The van der Waals surface area contributed by atoms with Gasteiger partial charge >= 0.3 is 0 Å². The third-order valence-corrected chi connectivity index (χ3v) is 9.25. The van der Waals surface area contributed by atoms with E-state index >= 15 is 0 Å². The molecule has 4 fully saturated rings. The Morgan fingerprint density at radius 3 is 2.72 bits per heavy atom. The lowest BCUT2D eigenvalue weighted by atomic mass is 9.57. The molecule has 3 aliphatic carbocycles. The number of hydrogen-bond donors (Lipinski definition) is 2. The van der Waals surface area contributed by atoms with Crippen molar-refractivity contribution < 1.29 is 19.2 Å². The van der Waals surface area contributed by atoms with Crippen molar-refractivity contribution in [1.82, 2.24) is 30.5 Å². The number of carbonyl (C=O) groups is 4. The Morgan fingerprint density at radius 1 is 1.11 bits per heavy atom. The van der Waals surface area contributed by atoms with E-state index in [0.29, 0.717) is 29.6 Å². The number of nitrogens with zero attached hydrogens (tertiary/aromatic N) is 4. The van der Waals surface area contributed by atoms with Crippen LogP contribution in [0.25, 0.3) is 5.69 Å². The van der Waals surface area contributed by atoms with Gasteiger partial charge in [0.25, 0.3) is 11.8 Å². The van der Waals surface area contributed by atoms with Gasteiger partial charge in [-0.1, -0.05) is 17.7 Å². The molecule has 10 nitrogen and oxygen atoms in total. The first-order valence-electron chi connectivity index (χ1n) is 12.9. The van der Waals surface area contributed by atoms with Crippen molar-refractivity contribution in [2.75, 3.05) is 0 Å². The van der Waals surface area contributed by atoms with E-state index in [-0.39, 0.29) is 35.9 Å². The van der Waals surface area contributed by atoms with Crippen LogP contribution in [0, 0.1) is 17.3 Å². The van der Waals surface area contributed by atoms with Crippen molar-refractivity contribution in [1.29, 1.82) is 0 Å². The van der Waals surface area contributed by atoms with E-state index in [4.69, 9.17) is 0 Å². The van der Waals surface area contributed by atoms with Gasteiger partial charge in [0.15, 0.2) is 5.69 Å². The summed E-state index contributed by atoms with van der Waals surface area (Å²) in [6.45, 7) is 0.316. The van der Waals surface area contributed by atoms with Gasteiger partial charge in [0.2, 0.25) is 11.8 Å². The molecule has 3 saturated carbocycles. The molecule has 0 radical (unpaired) electrons. The highest BCUT2D eigenvalue weighted by atomic mass is 16.2. The summed E-state index contributed by atoms with van der Waals surface area (Å²) in [6, 6.07) is 4.92. The van der Waals surface area contributed by atoms with Crippen LogP contribution >= 0.6 is 0 Å². The monoisotopic (exact) mass is 488 g/mol. The Kier molecular flexibility index (Phi) is 4.65. The number of carbonyl (C=O) groups excluding carboxylic acids is 4. The predicted molar refractivity (Wildman–Crippen MR) is 126 cm³/mol. The number of hydrogen-bond acceptors (Lipinski definition) is 6. The Labute approximate surface area is 207 Å². The van der Waals surface area contributed by atoms with E-state index in [0.717, 1.165) is 30.2 Å². The minimum atomic E-state index is -0.655. The molecule has 2 aliphatic heterocycles. The molecule has 1 aromatic heterocycles. The molecule has 7 rings (SSSR count). The van der Waals surface area contributed by atoms with Crippen LogP contribution in [-0.4, -0.2) is 55.6 Å². The van der Waals surface area contributed by atoms with Crippen molar-refractivity contribution >= 4 is 23.6 Å². The van der Waals surface area contributed by atoms with Crippen LogP contribution in [0.4, 0.5) is 0 Å². The molecule has 3 heterocycles. The van der Waals surface area contributed by atoms with Crippen molar-refractivity contribution in [3.05, 3.63) is 41.2 Å². The summed E-state index contributed by atoms with van der Waals surface area (Å²) >= 11 is 0. The van der Waals surface area contributed by atoms with Crippen LogP contribution < -0.4 is 10.6 Å². The summed E-state index contributed by atoms with van der Waals surface area (Å²) in [7, 11) is 0. The number of imide groups is 1. The summed E-state index contributed by atoms with van der Waals surface area (Å²) in [6.07, 6.45) is 9.72. The van der Waals surface area contributed by atoms with E-state index in [1.165, 1.54) is 35.3 Å². The highest BCUT2D eigenvalue weighted by Crippen LogP contribution is 2.64. The van der Waals surface area contributed by atoms with Crippen molar-refractivity contribution in [3.63, 3.8) is 0 Å². The summed E-state index contributed by atoms with van der Waals surface area (Å²) in [5.74, 6) is 0.546. The number of aromatic nitrogens is 3. The molecular formula is C26H28N6O4. The third-order valence-electron chi connectivity index (χ3n) is 9.25. The Morgan fingerprint density at radius 2 is 1.97 bits per heavy atom. The summed E-state index contributed by atoms with van der Waals surface area (Å²) in [4.78, 5) is 51.2. The first-order valence-corrected chi connectivity index (χ1v) is 12.9. The lowest BCUT2D eigenvalue weighted by Gasteiger charge is -2.51. The van der Waals surface area contributed by atoms with Gasteiger partial charge in [-0.15, -0.1) is 5.10 Å². The molecule has 2 bridgehead atoms. The quantitative estimate of drug-likeness (QED) is 0.631. The molecule has 10 heteroatoms. The van der Waals surface area contributed by atoms with E-state index in [2.05, 4.69) is 20.9 Å². The Hall–Kier alpha value is -3.56. The molecule has 4 amide bonds. The van der Waals surface area contributed by atoms with Crippen molar-refractivity contribution in [3.8, 4) is 5.69 Å². The molecule has 1 saturated heterocycles. The van der Waals surface area contributed by atoms with E-state index in [9.17, 15) is 19.2 Å². The second-order valence-corrected chi connectivity index (χ2v) is 11.3. The van der Waals surface area contributed by atoms with E-state index in [1.807, 2.05) is 12.1 Å². The van der Waals surface area contributed by atoms with Crippen LogP contribution in [0.3, 0.4) is 0 Å². The molecule has 2 aromatic rings. The fraction of sp³-hybridized carbons (Fsp3) is 0.538. The molecule has 36 heavy (non-hydrogen) atoms. The van der Waals surface area contributed by atoms with Crippen LogP contribution in [0.15, 0.2) is 24.4 Å². The average molecular weight is 489 g/mol. The summed E-state index contributed by atoms with van der Waals surface area (Å²) < 4.78 is 1.50. The van der Waals surface area contributed by atoms with Gasteiger partial charge in [-0.05, 0) is 73.5 Å². The zero-order valence-electron chi connectivity index (χ0n) is 19.9. The third kappa shape index (κ3) is 3.30. The molecule has 186 valence electrons. The standard InChI is InChI=1S/C26H28N6O4/c33-22-6-5-21(24(35)28-22)31-12-15-2-4-18(8-19(15)25(31)36)32-13-20(29-30-32)23(34)27-17-10-26(11-17)9-14-1-3-16(26)7-14/h2,4,8,13-14,16-17,21H,1,3,5-7,9-12H2,(H,27,34)(H,28,33,35). The first-order chi connectivity index (χ1) is 17.4. The number of benzene rings is 1. The highest BCUT2D eigenvalue weighted by molar-refractivity contribution is 6.05. The summed E-state index contributed by atoms with van der Waals surface area (Å²) in [5.41, 5.74) is 2.64. The Balaban J connectivity index is 1.02. The van der Waals surface area contributed by atoms with E-state index in [1.54, 1.807) is 12.3 Å². The van der Waals surface area contributed by atoms with Gasteiger partial charge in [0.1, 0.15) is 6.04 Å². The number of fused-ring (bicyclic) bond motifs is 4. The fourth-order valence-electron chi connectivity index (χ4n) is 7.52. The van der Waals surface area contributed by atoms with Crippen molar-refractivity contribution in [2.24, 2.45) is 17.3 Å². The number of nitrogens with one attached hydrogen (secondary N) is 2. The second kappa shape index (κ2) is 7.72. The maximum atomic E-state index is 13.1. The van der Waals surface area contributed by atoms with Gasteiger partial charge in [-0.25, -0.2) is 4.68 Å². The van der Waals surface area contributed by atoms with Crippen LogP contribution in [-0.2, 0) is 16.1 Å². The molecule has 2 N–H and O–H groups in total. The minimum absolute atomic E-state index is 0.206. The highest BCUT2D eigenvalue weighted by Gasteiger charge is 2.57. The lowest BCUT2D eigenvalue weighted by Crippen LogP contribution is -2.53. The largest absolute Gasteiger partial charge is 0.348 e. The Bertz CT molecular complexity index is 1310. The van der Waals surface area contributed by atoms with Crippen molar-refractivity contribution in [2.45, 2.75) is 70.0 Å². The maximum absolute atomic E-state index is 13.1. The smallest absolute Gasteiger partial charge is 0.273 e. The maximum Gasteiger partial charge on any atom is 0.273 e. The van der Waals surface area contributed by atoms with Gasteiger partial charge in [0.05, 0.1) is 11.9 Å². The van der Waals surface area contributed by atoms with Gasteiger partial charge in [-0.3, -0.25) is 24.5 Å². The second-order valence-electron chi connectivity index (χ2n) is 11.3. The van der Waals surface area contributed by atoms with E-state index < -0.39 is 11.9 Å². The molecule has 3 atom stereocenters. The fourth-order valence-corrected chi connectivity index (χ4v) is 7.52. The zero-order valence-corrected chi connectivity index (χ0v) is 19.9. The van der Waals surface area contributed by atoms with Crippen LogP contribution in [0.1, 0.15) is 77.8 Å². The molecular weight excluding hydrogens is 460 g/mol. The molecule has 3 unspecified atom stereocenters. The van der Waals surface area contributed by atoms with Gasteiger partial charge < -0.3 is 10.2 Å². The number of amides is 4. The minimum Gasteiger partial charge on any atom is -0.348 e. The SMILES string of the molecule is O=C1CCC(N2Cc3ccc(-n4cc(C(=O)NC5CC6(CC7CCC6C7)C5)nn4)cc3C2=O)C(=O)N1. The topological polar surface area (TPSA) is 126 Å². The van der Waals surface area contributed by atoms with Gasteiger partial charge in [-0.2, -0.15) is 0 Å². The predicted octanol–water partition coefficient (Wildman–Crippen LogP) is 1.73. The normalized spacial score (nSPS) is 32.6. The summed E-state index contributed by atoms with van der Waals surface area (Å²) in [5, 5.41) is 13.6. The molecule has 1 aromatic carbocycles. The number of piperidine rings is 1. The first kappa shape index (κ1) is 21.7. The zero-order chi connectivity index (χ0) is 24.6. The molecule has 5 aliphatic rings. The van der Waals surface area contributed by atoms with Crippen LogP contribution in [0.2, 0.25) is 0 Å². The number of rotatable bonds is 4.